The molecule has 4 aromatic heterocycles. The second kappa shape index (κ2) is 17.0. The van der Waals surface area contributed by atoms with Crippen LogP contribution in [0.3, 0.4) is 0 Å². The molecule has 0 amide bonds. The summed E-state index contributed by atoms with van der Waals surface area (Å²) in [6.45, 7) is 0. The molecule has 0 radical (unpaired) electrons. The SMILES string of the molecule is Cn1ccnc1-c1[c-]cccc1.[Ir+3].[c-]1ccccc1-c1cc(-c2cccc3c2c2cc(Cc4cc[c-]c(-c5ccccn5)c4)ccc2n3-c2ccccc2)ccn1. The van der Waals surface area contributed by atoms with Crippen molar-refractivity contribution >= 4 is 21.8 Å². The van der Waals surface area contributed by atoms with Gasteiger partial charge >= 0.3 is 20.1 Å². The normalized spacial score (nSPS) is 10.8. The van der Waals surface area contributed by atoms with E-state index < -0.39 is 0 Å². The zero-order chi connectivity index (χ0) is 37.7. The molecule has 6 aromatic carbocycles. The van der Waals surface area contributed by atoms with Gasteiger partial charge in [0.05, 0.1) is 16.9 Å². The van der Waals surface area contributed by atoms with Crippen LogP contribution in [0.15, 0.2) is 189 Å². The van der Waals surface area contributed by atoms with Crippen molar-refractivity contribution < 1.29 is 20.1 Å². The number of rotatable bonds is 7. The summed E-state index contributed by atoms with van der Waals surface area (Å²) >= 11 is 0. The Morgan fingerprint density at radius 2 is 1.28 bits per heavy atom. The van der Waals surface area contributed by atoms with Gasteiger partial charge in [-0.05, 0) is 77.0 Å². The van der Waals surface area contributed by atoms with Gasteiger partial charge in [-0.1, -0.05) is 54.6 Å². The summed E-state index contributed by atoms with van der Waals surface area (Å²) in [5.74, 6) is 0.954. The average Bonchev–Trinajstić information content (AvgIpc) is 3.86. The fourth-order valence-corrected chi connectivity index (χ4v) is 7.31. The van der Waals surface area contributed by atoms with E-state index in [9.17, 15) is 0 Å². The van der Waals surface area contributed by atoms with Gasteiger partial charge in [0.1, 0.15) is 0 Å². The summed E-state index contributed by atoms with van der Waals surface area (Å²) in [5.41, 5.74) is 13.2. The molecule has 4 heterocycles. The Kier molecular flexibility index (Phi) is 11.1. The maximum absolute atomic E-state index is 4.68. The number of para-hydroxylation sites is 1. The summed E-state index contributed by atoms with van der Waals surface area (Å²) < 4.78 is 4.35. The van der Waals surface area contributed by atoms with E-state index in [0.717, 1.165) is 51.6 Å². The fourth-order valence-electron chi connectivity index (χ4n) is 7.31. The molecular formula is C51H36IrN5. The van der Waals surface area contributed by atoms with E-state index in [4.69, 9.17) is 0 Å². The zero-order valence-electron chi connectivity index (χ0n) is 31.2. The van der Waals surface area contributed by atoms with Gasteiger partial charge in [-0.15, -0.1) is 107 Å². The number of pyridine rings is 2. The third-order valence-electron chi connectivity index (χ3n) is 9.91. The number of fused-ring (bicyclic) bond motifs is 3. The van der Waals surface area contributed by atoms with Crippen molar-refractivity contribution in [1.82, 2.24) is 24.1 Å². The molecule has 0 saturated heterocycles. The Hall–Kier alpha value is -6.72. The van der Waals surface area contributed by atoms with Crippen LogP contribution in [0.25, 0.3) is 72.5 Å². The molecule has 274 valence electrons. The minimum absolute atomic E-state index is 0. The van der Waals surface area contributed by atoms with Crippen molar-refractivity contribution in [3.63, 3.8) is 0 Å². The van der Waals surface area contributed by atoms with Crippen molar-refractivity contribution in [2.24, 2.45) is 7.05 Å². The fraction of sp³-hybridized carbons (Fsp3) is 0.0392. The van der Waals surface area contributed by atoms with Crippen LogP contribution in [0.2, 0.25) is 0 Å². The maximum Gasteiger partial charge on any atom is 3.00 e. The summed E-state index contributed by atoms with van der Waals surface area (Å²) in [6.07, 6.45) is 8.26. The van der Waals surface area contributed by atoms with Crippen LogP contribution >= 0.6 is 0 Å². The molecule has 0 atom stereocenters. The molecule has 0 bridgehead atoms. The van der Waals surface area contributed by atoms with Crippen LogP contribution in [0, 0.1) is 18.2 Å². The first-order chi connectivity index (χ1) is 27.7. The number of hydrogen-bond donors (Lipinski definition) is 0. The van der Waals surface area contributed by atoms with Crippen LogP contribution in [0.1, 0.15) is 11.1 Å². The second-order valence-electron chi connectivity index (χ2n) is 13.6. The van der Waals surface area contributed by atoms with Crippen molar-refractivity contribution in [1.29, 1.82) is 0 Å². The number of nitrogens with zero attached hydrogens (tertiary/aromatic N) is 5. The molecule has 0 N–H and O–H groups in total. The van der Waals surface area contributed by atoms with Gasteiger partial charge in [-0.25, -0.2) is 0 Å². The molecule has 10 aromatic rings. The van der Waals surface area contributed by atoms with E-state index in [1.807, 2.05) is 96.9 Å². The van der Waals surface area contributed by atoms with Crippen LogP contribution in [0.4, 0.5) is 0 Å². The molecule has 0 fully saturated rings. The molecule has 0 saturated carbocycles. The van der Waals surface area contributed by atoms with E-state index in [-0.39, 0.29) is 20.1 Å². The molecule has 10 rings (SSSR count). The Balaban J connectivity index is 0.000000300. The Morgan fingerprint density at radius 3 is 2.04 bits per heavy atom. The standard InChI is InChI=1S/C41H27N3.C10H9N2.Ir/c1-3-12-31(13-4-1)38-28-32(22-24-43-38)35-17-10-19-40-41(35)36-27-30(20-21-39(36)44(40)34-15-5-2-6-16-34)25-29-11-9-14-33(26-29)37-18-7-8-23-42-37;1-12-8-7-11-10(12)9-5-3-2-4-6-9;/h1-12,15-24,26-28H,25H2;2-5,7-8H,1H3;/q-2;-1;+3. The Morgan fingerprint density at radius 1 is 0.526 bits per heavy atom. The molecule has 0 spiro atoms. The maximum atomic E-state index is 4.68. The van der Waals surface area contributed by atoms with E-state index in [0.29, 0.717) is 0 Å². The second-order valence-corrected chi connectivity index (χ2v) is 13.6. The van der Waals surface area contributed by atoms with Gasteiger partial charge in [0.15, 0.2) is 0 Å². The van der Waals surface area contributed by atoms with Gasteiger partial charge in [-0.2, -0.15) is 0 Å². The molecule has 0 aliphatic rings. The minimum atomic E-state index is 0. The van der Waals surface area contributed by atoms with Crippen molar-refractivity contribution in [3.05, 3.63) is 218 Å². The van der Waals surface area contributed by atoms with Gasteiger partial charge < -0.3 is 19.1 Å². The number of hydrogen-bond acceptors (Lipinski definition) is 3. The Labute approximate surface area is 346 Å². The van der Waals surface area contributed by atoms with E-state index in [1.54, 1.807) is 6.20 Å². The van der Waals surface area contributed by atoms with Crippen LogP contribution < -0.4 is 0 Å². The predicted molar refractivity (Wildman–Crippen MR) is 227 cm³/mol. The largest absolute Gasteiger partial charge is 3.00 e. The molecule has 6 heteroatoms. The quantitative estimate of drug-likeness (QED) is 0.150. The number of imidazole rings is 1. The number of aryl methyl sites for hydroxylation is 1. The van der Waals surface area contributed by atoms with Gasteiger partial charge in [-0.3, -0.25) is 4.98 Å². The molecule has 0 unspecified atom stereocenters. The molecule has 0 aliphatic heterocycles. The third kappa shape index (κ3) is 7.87. The summed E-state index contributed by atoms with van der Waals surface area (Å²) in [6, 6.07) is 66.4. The first kappa shape index (κ1) is 37.2. The topological polar surface area (TPSA) is 48.5 Å². The molecule has 5 nitrogen and oxygen atoms in total. The minimum Gasteiger partial charge on any atom is -0.373 e. The predicted octanol–water partition coefficient (Wildman–Crippen LogP) is 11.7. The monoisotopic (exact) mass is 911 g/mol. The van der Waals surface area contributed by atoms with Crippen molar-refractivity contribution in [2.45, 2.75) is 6.42 Å². The molecule has 57 heavy (non-hydrogen) atoms. The summed E-state index contributed by atoms with van der Waals surface area (Å²) in [5, 5.41) is 2.46. The molecule has 0 aliphatic carbocycles. The van der Waals surface area contributed by atoms with Gasteiger partial charge in [0.2, 0.25) is 0 Å². The first-order valence-electron chi connectivity index (χ1n) is 18.6. The van der Waals surface area contributed by atoms with Gasteiger partial charge in [0.25, 0.3) is 0 Å². The van der Waals surface area contributed by atoms with Gasteiger partial charge in [0, 0.05) is 48.3 Å². The zero-order valence-corrected chi connectivity index (χ0v) is 33.6. The van der Waals surface area contributed by atoms with Crippen molar-refractivity contribution in [2.75, 3.05) is 0 Å². The van der Waals surface area contributed by atoms with Crippen LogP contribution in [0.5, 0.6) is 0 Å². The smallest absolute Gasteiger partial charge is 0.373 e. The van der Waals surface area contributed by atoms with E-state index >= 15 is 0 Å². The average molecular weight is 911 g/mol. The van der Waals surface area contributed by atoms with E-state index in [1.165, 1.54) is 38.5 Å². The molecular weight excluding hydrogens is 875 g/mol. The van der Waals surface area contributed by atoms with Crippen LogP contribution in [-0.4, -0.2) is 24.1 Å². The summed E-state index contributed by atoms with van der Waals surface area (Å²) in [7, 11) is 1.98. The number of benzene rings is 6. The third-order valence-corrected chi connectivity index (χ3v) is 9.91. The van der Waals surface area contributed by atoms with Crippen LogP contribution in [-0.2, 0) is 33.6 Å². The number of aromatic nitrogens is 5. The first-order valence-corrected chi connectivity index (χ1v) is 18.6. The Bertz CT molecular complexity index is 2880. The van der Waals surface area contributed by atoms with Crippen molar-refractivity contribution in [3.8, 4) is 50.7 Å². The van der Waals surface area contributed by atoms with E-state index in [2.05, 4.69) is 135 Å². The summed E-state index contributed by atoms with van der Waals surface area (Å²) in [4.78, 5) is 13.4.